The second kappa shape index (κ2) is 7.11. The fraction of sp³-hybridized carbons (Fsp3) is 0.571. The van der Waals surface area contributed by atoms with Gasteiger partial charge in [-0.1, -0.05) is 6.07 Å². The van der Waals surface area contributed by atoms with Crippen molar-refractivity contribution in [1.29, 1.82) is 0 Å². The molecule has 118 valence electrons. The summed E-state index contributed by atoms with van der Waals surface area (Å²) in [4.78, 5) is 0. The van der Waals surface area contributed by atoms with Crippen LogP contribution in [0.5, 0.6) is 11.5 Å². The number of nitrogens with one attached hydrogen (secondary N) is 1. The van der Waals surface area contributed by atoms with Crippen molar-refractivity contribution >= 4 is 10.0 Å². The molecule has 0 aromatic heterocycles. The number of benzene rings is 1. The maximum Gasteiger partial charge on any atom is 0.212 e. The third kappa shape index (κ3) is 4.59. The molecule has 0 aliphatic carbocycles. The van der Waals surface area contributed by atoms with Crippen LogP contribution in [0, 0.1) is 5.92 Å². The van der Waals surface area contributed by atoms with Crippen LogP contribution in [0.2, 0.25) is 0 Å². The first-order valence-corrected chi connectivity index (χ1v) is 8.45. The molecule has 1 aromatic carbocycles. The van der Waals surface area contributed by atoms with Crippen LogP contribution in [-0.2, 0) is 21.3 Å². The highest BCUT2D eigenvalue weighted by molar-refractivity contribution is 7.89. The second-order valence-corrected chi connectivity index (χ2v) is 6.87. The lowest BCUT2D eigenvalue weighted by Gasteiger charge is -2.12. The molecule has 6 nitrogen and oxygen atoms in total. The van der Waals surface area contributed by atoms with E-state index in [0.717, 1.165) is 12.0 Å². The van der Waals surface area contributed by atoms with Crippen molar-refractivity contribution in [3.63, 3.8) is 0 Å². The van der Waals surface area contributed by atoms with Crippen LogP contribution in [0.15, 0.2) is 18.2 Å². The monoisotopic (exact) mass is 315 g/mol. The Bertz CT molecular complexity index is 567. The lowest BCUT2D eigenvalue weighted by Crippen LogP contribution is -2.29. The van der Waals surface area contributed by atoms with Crippen LogP contribution in [0.25, 0.3) is 0 Å². The molecule has 1 N–H and O–H groups in total. The Labute approximate surface area is 125 Å². The Balaban J connectivity index is 1.95. The first-order chi connectivity index (χ1) is 10.0. The minimum absolute atomic E-state index is 0.0907. The van der Waals surface area contributed by atoms with E-state index in [2.05, 4.69) is 4.72 Å². The van der Waals surface area contributed by atoms with E-state index in [-0.39, 0.29) is 18.2 Å². The van der Waals surface area contributed by atoms with E-state index in [9.17, 15) is 8.42 Å². The van der Waals surface area contributed by atoms with Gasteiger partial charge >= 0.3 is 0 Å². The molecule has 21 heavy (non-hydrogen) atoms. The Morgan fingerprint density at radius 2 is 2.05 bits per heavy atom. The third-order valence-electron chi connectivity index (χ3n) is 3.42. The molecule has 0 unspecified atom stereocenters. The SMILES string of the molecule is COc1ccc(CNS(=O)(=O)C[C@H]2CCOC2)cc1OC. The lowest BCUT2D eigenvalue weighted by molar-refractivity contribution is 0.188. The first-order valence-electron chi connectivity index (χ1n) is 6.80. The van der Waals surface area contributed by atoms with E-state index in [4.69, 9.17) is 14.2 Å². The third-order valence-corrected chi connectivity index (χ3v) is 4.92. The zero-order valence-electron chi connectivity index (χ0n) is 12.3. The summed E-state index contributed by atoms with van der Waals surface area (Å²) >= 11 is 0. The van der Waals surface area contributed by atoms with Gasteiger partial charge in [-0.2, -0.15) is 0 Å². The molecule has 0 radical (unpaired) electrons. The molecule has 1 aromatic rings. The van der Waals surface area contributed by atoms with Crippen LogP contribution in [-0.4, -0.2) is 41.6 Å². The molecular weight excluding hydrogens is 294 g/mol. The zero-order valence-corrected chi connectivity index (χ0v) is 13.1. The summed E-state index contributed by atoms with van der Waals surface area (Å²) in [5, 5.41) is 0. The normalized spacial score (nSPS) is 18.7. The molecule has 7 heteroatoms. The van der Waals surface area contributed by atoms with Gasteiger partial charge in [0.05, 0.1) is 26.6 Å². The van der Waals surface area contributed by atoms with E-state index in [0.29, 0.717) is 24.7 Å². The van der Waals surface area contributed by atoms with Crippen molar-refractivity contribution in [2.45, 2.75) is 13.0 Å². The number of ether oxygens (including phenoxy) is 3. The fourth-order valence-corrected chi connectivity index (χ4v) is 3.66. The van der Waals surface area contributed by atoms with Gasteiger partial charge in [0.1, 0.15) is 0 Å². The van der Waals surface area contributed by atoms with Crippen molar-refractivity contribution in [2.75, 3.05) is 33.2 Å². The van der Waals surface area contributed by atoms with E-state index in [1.165, 1.54) is 0 Å². The van der Waals surface area contributed by atoms with E-state index in [1.807, 2.05) is 6.07 Å². The molecule has 2 rings (SSSR count). The van der Waals surface area contributed by atoms with Crippen molar-refractivity contribution in [2.24, 2.45) is 5.92 Å². The van der Waals surface area contributed by atoms with Gasteiger partial charge in [0.2, 0.25) is 10.0 Å². The average molecular weight is 315 g/mol. The first kappa shape index (κ1) is 16.1. The molecule has 1 aliphatic rings. The molecule has 1 aliphatic heterocycles. The van der Waals surface area contributed by atoms with Crippen LogP contribution < -0.4 is 14.2 Å². The maximum absolute atomic E-state index is 12.0. The van der Waals surface area contributed by atoms with Crippen molar-refractivity contribution in [1.82, 2.24) is 4.72 Å². The molecular formula is C14H21NO5S. The highest BCUT2D eigenvalue weighted by Crippen LogP contribution is 2.27. The highest BCUT2D eigenvalue weighted by atomic mass is 32.2. The van der Waals surface area contributed by atoms with Gasteiger partial charge in [-0.25, -0.2) is 13.1 Å². The number of sulfonamides is 1. The molecule has 0 amide bonds. The smallest absolute Gasteiger partial charge is 0.212 e. The van der Waals surface area contributed by atoms with Gasteiger partial charge in [0.15, 0.2) is 11.5 Å². The number of hydrogen-bond acceptors (Lipinski definition) is 5. The van der Waals surface area contributed by atoms with Crippen molar-refractivity contribution < 1.29 is 22.6 Å². The van der Waals surface area contributed by atoms with Gasteiger partial charge in [-0.05, 0) is 30.0 Å². The van der Waals surface area contributed by atoms with Crippen LogP contribution >= 0.6 is 0 Å². The van der Waals surface area contributed by atoms with Gasteiger partial charge < -0.3 is 14.2 Å². The molecule has 0 saturated carbocycles. The summed E-state index contributed by atoms with van der Waals surface area (Å²) in [5.74, 6) is 1.40. The van der Waals surface area contributed by atoms with E-state index >= 15 is 0 Å². The average Bonchev–Trinajstić information content (AvgIpc) is 2.97. The zero-order chi connectivity index (χ0) is 15.3. The predicted molar refractivity (Wildman–Crippen MR) is 79.1 cm³/mol. The number of hydrogen-bond donors (Lipinski definition) is 1. The minimum Gasteiger partial charge on any atom is -0.493 e. The molecule has 0 spiro atoms. The Morgan fingerprint density at radius 1 is 1.29 bits per heavy atom. The summed E-state index contributed by atoms with van der Waals surface area (Å²) in [6.45, 7) is 1.41. The van der Waals surface area contributed by atoms with Crippen LogP contribution in [0.3, 0.4) is 0 Å². The predicted octanol–water partition coefficient (Wildman–Crippen LogP) is 1.16. The molecule has 1 heterocycles. The fourth-order valence-electron chi connectivity index (χ4n) is 2.27. The maximum atomic E-state index is 12.0. The summed E-state index contributed by atoms with van der Waals surface area (Å²) in [6, 6.07) is 5.33. The molecule has 0 bridgehead atoms. The topological polar surface area (TPSA) is 73.9 Å². The largest absolute Gasteiger partial charge is 0.493 e. The van der Waals surface area contributed by atoms with Gasteiger partial charge in [-0.15, -0.1) is 0 Å². The lowest BCUT2D eigenvalue weighted by atomic mass is 10.2. The molecule has 1 saturated heterocycles. The Morgan fingerprint density at radius 3 is 2.67 bits per heavy atom. The second-order valence-electron chi connectivity index (χ2n) is 5.02. The number of methoxy groups -OCH3 is 2. The van der Waals surface area contributed by atoms with E-state index < -0.39 is 10.0 Å². The summed E-state index contributed by atoms with van der Waals surface area (Å²) in [7, 11) is -0.194. The summed E-state index contributed by atoms with van der Waals surface area (Å²) < 4.78 is 42.2. The minimum atomic E-state index is -3.30. The summed E-state index contributed by atoms with van der Waals surface area (Å²) in [6.07, 6.45) is 0.803. The highest BCUT2D eigenvalue weighted by Gasteiger charge is 2.22. The molecule has 1 fully saturated rings. The van der Waals surface area contributed by atoms with Crippen molar-refractivity contribution in [3.05, 3.63) is 23.8 Å². The van der Waals surface area contributed by atoms with Crippen molar-refractivity contribution in [3.8, 4) is 11.5 Å². The van der Waals surface area contributed by atoms with Crippen LogP contribution in [0.4, 0.5) is 0 Å². The van der Waals surface area contributed by atoms with E-state index in [1.54, 1.807) is 26.4 Å². The quantitative estimate of drug-likeness (QED) is 0.817. The van der Waals surface area contributed by atoms with Crippen LogP contribution in [0.1, 0.15) is 12.0 Å². The van der Waals surface area contributed by atoms with Gasteiger partial charge in [0.25, 0.3) is 0 Å². The Hall–Kier alpha value is -1.31. The standard InChI is InChI=1S/C14H21NO5S/c1-18-13-4-3-11(7-14(13)19-2)8-15-21(16,17)10-12-5-6-20-9-12/h3-4,7,12,15H,5-6,8-10H2,1-2H3/t12-/m0/s1. The Kier molecular flexibility index (Phi) is 5.44. The molecule has 1 atom stereocenters. The summed E-state index contributed by atoms with van der Waals surface area (Å²) in [5.41, 5.74) is 0.818. The van der Waals surface area contributed by atoms with Gasteiger partial charge in [-0.3, -0.25) is 0 Å². The number of rotatable bonds is 7. The van der Waals surface area contributed by atoms with Gasteiger partial charge in [0, 0.05) is 13.2 Å².